The standard InChI is InChI=1S/C16H17NO2S/c1-11-6-3-4-7-12(11)10-20-15-13(16(18)19-2)8-5-9-14(15)17/h3-9H,10,17H2,1-2H3. The van der Waals surface area contributed by atoms with E-state index in [1.165, 1.54) is 18.2 Å². The minimum Gasteiger partial charge on any atom is -0.465 e. The molecule has 0 fully saturated rings. The van der Waals surface area contributed by atoms with Gasteiger partial charge >= 0.3 is 5.97 Å². The van der Waals surface area contributed by atoms with Gasteiger partial charge in [0.05, 0.1) is 12.7 Å². The van der Waals surface area contributed by atoms with Gasteiger partial charge in [0.2, 0.25) is 0 Å². The summed E-state index contributed by atoms with van der Waals surface area (Å²) < 4.78 is 4.80. The first-order valence-corrected chi connectivity index (χ1v) is 7.26. The quantitative estimate of drug-likeness (QED) is 0.530. The van der Waals surface area contributed by atoms with Gasteiger partial charge in [-0.25, -0.2) is 4.79 Å². The number of esters is 1. The molecule has 2 aromatic carbocycles. The van der Waals surface area contributed by atoms with Crippen LogP contribution in [0.4, 0.5) is 5.69 Å². The largest absolute Gasteiger partial charge is 0.465 e. The number of carbonyl (C=O) groups is 1. The molecular weight excluding hydrogens is 270 g/mol. The molecule has 0 unspecified atom stereocenters. The summed E-state index contributed by atoms with van der Waals surface area (Å²) in [7, 11) is 1.38. The number of ether oxygens (including phenoxy) is 1. The summed E-state index contributed by atoms with van der Waals surface area (Å²) in [4.78, 5) is 12.6. The summed E-state index contributed by atoms with van der Waals surface area (Å²) in [6.07, 6.45) is 0. The maximum absolute atomic E-state index is 11.8. The molecule has 2 rings (SSSR count). The number of benzene rings is 2. The fourth-order valence-electron chi connectivity index (χ4n) is 1.91. The van der Waals surface area contributed by atoms with Crippen molar-refractivity contribution in [3.8, 4) is 0 Å². The zero-order valence-electron chi connectivity index (χ0n) is 11.6. The number of methoxy groups -OCH3 is 1. The number of nitrogens with two attached hydrogens (primary N) is 1. The summed E-state index contributed by atoms with van der Waals surface area (Å²) in [5.41, 5.74) is 9.57. The molecule has 20 heavy (non-hydrogen) atoms. The van der Waals surface area contributed by atoms with Gasteiger partial charge in [0.1, 0.15) is 0 Å². The third kappa shape index (κ3) is 3.14. The number of hydrogen-bond donors (Lipinski definition) is 1. The fourth-order valence-corrected chi connectivity index (χ4v) is 3.07. The molecule has 2 N–H and O–H groups in total. The second-order valence-electron chi connectivity index (χ2n) is 4.43. The molecule has 0 aliphatic carbocycles. The lowest BCUT2D eigenvalue weighted by Gasteiger charge is -2.11. The molecule has 0 aliphatic heterocycles. The van der Waals surface area contributed by atoms with Crippen molar-refractivity contribution < 1.29 is 9.53 Å². The zero-order valence-corrected chi connectivity index (χ0v) is 12.4. The number of carbonyl (C=O) groups excluding carboxylic acids is 1. The molecule has 0 aliphatic rings. The first-order valence-electron chi connectivity index (χ1n) is 6.27. The Bertz CT molecular complexity index is 626. The van der Waals surface area contributed by atoms with Crippen LogP contribution in [0.1, 0.15) is 21.5 Å². The normalized spacial score (nSPS) is 10.3. The van der Waals surface area contributed by atoms with E-state index < -0.39 is 0 Å². The lowest BCUT2D eigenvalue weighted by molar-refractivity contribution is 0.0597. The average molecular weight is 287 g/mol. The van der Waals surface area contributed by atoms with Crippen LogP contribution in [0.25, 0.3) is 0 Å². The van der Waals surface area contributed by atoms with Gasteiger partial charge in [0, 0.05) is 16.3 Å². The van der Waals surface area contributed by atoms with Gasteiger partial charge in [-0.1, -0.05) is 30.3 Å². The summed E-state index contributed by atoms with van der Waals surface area (Å²) >= 11 is 1.56. The summed E-state index contributed by atoms with van der Waals surface area (Å²) in [6, 6.07) is 13.5. The number of anilines is 1. The van der Waals surface area contributed by atoms with E-state index in [2.05, 4.69) is 19.1 Å². The minimum atomic E-state index is -0.357. The van der Waals surface area contributed by atoms with Gasteiger partial charge in [-0.15, -0.1) is 11.8 Å². The first kappa shape index (κ1) is 14.5. The van der Waals surface area contributed by atoms with Gasteiger partial charge in [0.25, 0.3) is 0 Å². The smallest absolute Gasteiger partial charge is 0.339 e. The molecule has 4 heteroatoms. The molecule has 0 saturated heterocycles. The predicted molar refractivity (Wildman–Crippen MR) is 82.9 cm³/mol. The molecule has 0 heterocycles. The fraction of sp³-hybridized carbons (Fsp3) is 0.188. The van der Waals surface area contributed by atoms with Crippen molar-refractivity contribution >= 4 is 23.4 Å². The van der Waals surface area contributed by atoms with Crippen molar-refractivity contribution in [3.05, 3.63) is 59.2 Å². The Morgan fingerprint density at radius 3 is 2.65 bits per heavy atom. The Hall–Kier alpha value is -1.94. The summed E-state index contributed by atoms with van der Waals surface area (Å²) in [5, 5.41) is 0. The maximum Gasteiger partial charge on any atom is 0.339 e. The molecular formula is C16H17NO2S. The predicted octanol–water partition coefficient (Wildman–Crippen LogP) is 3.66. The van der Waals surface area contributed by atoms with Crippen LogP contribution in [-0.2, 0) is 10.5 Å². The SMILES string of the molecule is COC(=O)c1cccc(N)c1SCc1ccccc1C. The Morgan fingerprint density at radius 1 is 1.20 bits per heavy atom. The van der Waals surface area contributed by atoms with Crippen LogP contribution in [0.5, 0.6) is 0 Å². The van der Waals surface area contributed by atoms with Crippen LogP contribution in [0.15, 0.2) is 47.4 Å². The molecule has 104 valence electrons. The highest BCUT2D eigenvalue weighted by molar-refractivity contribution is 7.98. The van der Waals surface area contributed by atoms with E-state index >= 15 is 0 Å². The second-order valence-corrected chi connectivity index (χ2v) is 5.42. The molecule has 3 nitrogen and oxygen atoms in total. The van der Waals surface area contributed by atoms with Crippen molar-refractivity contribution in [1.82, 2.24) is 0 Å². The zero-order chi connectivity index (χ0) is 14.5. The maximum atomic E-state index is 11.8. The van der Waals surface area contributed by atoms with Gasteiger partial charge in [-0.05, 0) is 30.2 Å². The highest BCUT2D eigenvalue weighted by Crippen LogP contribution is 2.32. The first-order chi connectivity index (χ1) is 9.63. The van der Waals surface area contributed by atoms with Crippen molar-refractivity contribution in [2.24, 2.45) is 0 Å². The van der Waals surface area contributed by atoms with Gasteiger partial charge in [-0.2, -0.15) is 0 Å². The van der Waals surface area contributed by atoms with Crippen molar-refractivity contribution in [1.29, 1.82) is 0 Å². The van der Waals surface area contributed by atoms with Gasteiger partial charge in [0.15, 0.2) is 0 Å². The Morgan fingerprint density at radius 2 is 1.95 bits per heavy atom. The molecule has 0 aromatic heterocycles. The Labute approximate surface area is 123 Å². The second kappa shape index (κ2) is 6.48. The van der Waals surface area contributed by atoms with Crippen LogP contribution in [-0.4, -0.2) is 13.1 Å². The highest BCUT2D eigenvalue weighted by Gasteiger charge is 2.14. The Balaban J connectivity index is 2.25. The molecule has 0 saturated carbocycles. The average Bonchev–Trinajstić information content (AvgIpc) is 2.46. The van der Waals surface area contributed by atoms with E-state index in [-0.39, 0.29) is 5.97 Å². The summed E-state index contributed by atoms with van der Waals surface area (Å²) in [6.45, 7) is 2.07. The number of hydrogen-bond acceptors (Lipinski definition) is 4. The van der Waals surface area contributed by atoms with E-state index in [1.54, 1.807) is 30.0 Å². The lowest BCUT2D eigenvalue weighted by Crippen LogP contribution is -2.05. The molecule has 0 radical (unpaired) electrons. The van der Waals surface area contributed by atoms with Crippen LogP contribution in [0.2, 0.25) is 0 Å². The monoisotopic (exact) mass is 287 g/mol. The topological polar surface area (TPSA) is 52.3 Å². The van der Waals surface area contributed by atoms with Crippen molar-refractivity contribution in [2.75, 3.05) is 12.8 Å². The van der Waals surface area contributed by atoms with Crippen LogP contribution in [0, 0.1) is 6.92 Å². The molecule has 0 amide bonds. The lowest BCUT2D eigenvalue weighted by atomic mass is 10.1. The number of aryl methyl sites for hydroxylation is 1. The molecule has 2 aromatic rings. The van der Waals surface area contributed by atoms with Crippen LogP contribution >= 0.6 is 11.8 Å². The van der Waals surface area contributed by atoms with Gasteiger partial charge in [-0.3, -0.25) is 0 Å². The van der Waals surface area contributed by atoms with Crippen LogP contribution in [0.3, 0.4) is 0 Å². The van der Waals surface area contributed by atoms with Gasteiger partial charge < -0.3 is 10.5 Å². The van der Waals surface area contributed by atoms with Crippen molar-refractivity contribution in [2.45, 2.75) is 17.6 Å². The number of thioether (sulfide) groups is 1. The van der Waals surface area contributed by atoms with E-state index in [0.29, 0.717) is 11.3 Å². The third-order valence-corrected chi connectivity index (χ3v) is 4.28. The molecule has 0 atom stereocenters. The molecule has 0 bridgehead atoms. The number of rotatable bonds is 4. The molecule has 0 spiro atoms. The van der Waals surface area contributed by atoms with Crippen LogP contribution < -0.4 is 5.73 Å². The van der Waals surface area contributed by atoms with E-state index in [4.69, 9.17) is 10.5 Å². The number of nitrogen functional groups attached to an aromatic ring is 1. The van der Waals surface area contributed by atoms with E-state index in [1.807, 2.05) is 12.1 Å². The summed E-state index contributed by atoms with van der Waals surface area (Å²) in [5.74, 6) is 0.412. The Kier molecular flexibility index (Phi) is 4.69. The third-order valence-electron chi connectivity index (χ3n) is 3.08. The van der Waals surface area contributed by atoms with E-state index in [9.17, 15) is 4.79 Å². The minimum absolute atomic E-state index is 0.357. The highest BCUT2D eigenvalue weighted by atomic mass is 32.2. The van der Waals surface area contributed by atoms with E-state index in [0.717, 1.165) is 10.6 Å². The van der Waals surface area contributed by atoms with Crippen molar-refractivity contribution in [3.63, 3.8) is 0 Å².